The van der Waals surface area contributed by atoms with Crippen molar-refractivity contribution in [1.29, 1.82) is 0 Å². The van der Waals surface area contributed by atoms with Crippen LogP contribution in [0, 0.1) is 0 Å². The molecule has 0 bridgehead atoms. The van der Waals surface area contributed by atoms with E-state index < -0.39 is 0 Å². The van der Waals surface area contributed by atoms with Crippen LogP contribution in [0.1, 0.15) is 17.3 Å². The molecule has 0 atom stereocenters. The number of benzene rings is 1. The minimum absolute atomic E-state index is 0.159. The van der Waals surface area contributed by atoms with E-state index >= 15 is 0 Å². The van der Waals surface area contributed by atoms with E-state index in [0.717, 1.165) is 31.9 Å². The predicted octanol–water partition coefficient (Wildman–Crippen LogP) is 2.10. The Hall–Kier alpha value is -3.06. The highest BCUT2D eigenvalue weighted by Gasteiger charge is 2.17. The summed E-state index contributed by atoms with van der Waals surface area (Å²) in [6, 6.07) is 5.55. The number of rotatable bonds is 5. The zero-order valence-corrected chi connectivity index (χ0v) is 14.8. The fourth-order valence-electron chi connectivity index (χ4n) is 2.95. The van der Waals surface area contributed by atoms with Crippen LogP contribution in [0.15, 0.2) is 55.3 Å². The van der Waals surface area contributed by atoms with Crippen molar-refractivity contribution in [3.63, 3.8) is 0 Å². The topological polar surface area (TPSA) is 73.6 Å². The summed E-state index contributed by atoms with van der Waals surface area (Å²) in [6.07, 6.45) is 7.98. The maximum Gasteiger partial charge on any atom is 0.258 e. The first-order valence-electron chi connectivity index (χ1n) is 8.49. The first kappa shape index (κ1) is 17.8. The molecule has 136 valence electrons. The zero-order valence-electron chi connectivity index (χ0n) is 14.8. The number of aromatic nitrogens is 2. The number of hydrazine groups is 1. The van der Waals surface area contributed by atoms with Crippen LogP contribution in [-0.2, 0) is 0 Å². The molecule has 1 aliphatic heterocycles. The molecule has 26 heavy (non-hydrogen) atoms. The summed E-state index contributed by atoms with van der Waals surface area (Å²) in [5.41, 5.74) is 5.21. The molecule has 1 saturated heterocycles. The Labute approximate surface area is 152 Å². The van der Waals surface area contributed by atoms with Gasteiger partial charge in [0.05, 0.1) is 0 Å². The Morgan fingerprint density at radius 1 is 1.31 bits per heavy atom. The molecule has 0 aliphatic carbocycles. The van der Waals surface area contributed by atoms with Crippen molar-refractivity contribution in [1.82, 2.24) is 20.0 Å². The number of phenolic OH excluding ortho intramolecular Hbond substituents is 1. The highest BCUT2D eigenvalue weighted by Crippen LogP contribution is 2.27. The van der Waals surface area contributed by atoms with Gasteiger partial charge in [0, 0.05) is 67.7 Å². The van der Waals surface area contributed by atoms with Gasteiger partial charge in [0.15, 0.2) is 0 Å². The van der Waals surface area contributed by atoms with Gasteiger partial charge in [-0.15, -0.1) is 0 Å². The number of hydrogen-bond donors (Lipinski definition) is 2. The van der Waals surface area contributed by atoms with Gasteiger partial charge in [-0.3, -0.25) is 9.36 Å². The standard InChI is InChI=1S/C19H23N5O2/c1-3-21-24-10-8-22(9-11-24)17-5-4-16(18(25)13-17)12-15(2)19(26)23-7-6-20-14-23/h3-7,12-14,21,25H,1,8-11H2,2H3/b15-12+. The van der Waals surface area contributed by atoms with Crippen LogP contribution in [0.2, 0.25) is 0 Å². The average molecular weight is 353 g/mol. The molecule has 2 aromatic rings. The Bertz CT molecular complexity index is 805. The van der Waals surface area contributed by atoms with E-state index in [1.54, 1.807) is 37.7 Å². The number of carbonyl (C=O) groups excluding carboxylic acids is 1. The monoisotopic (exact) mass is 353 g/mol. The van der Waals surface area contributed by atoms with Crippen molar-refractivity contribution in [3.05, 3.63) is 60.8 Å². The molecular formula is C19H23N5O2. The third kappa shape index (κ3) is 3.94. The highest BCUT2D eigenvalue weighted by atomic mass is 16.3. The number of anilines is 1. The van der Waals surface area contributed by atoms with Crippen molar-refractivity contribution >= 4 is 17.7 Å². The zero-order chi connectivity index (χ0) is 18.5. The molecule has 3 rings (SSSR count). The number of carbonyl (C=O) groups is 1. The Kier molecular flexibility index (Phi) is 5.38. The van der Waals surface area contributed by atoms with Crippen molar-refractivity contribution in [2.45, 2.75) is 6.92 Å². The first-order valence-corrected chi connectivity index (χ1v) is 8.49. The number of phenols is 1. The number of imidazole rings is 1. The second kappa shape index (κ2) is 7.88. The SMILES string of the molecule is C=CNN1CCN(c2ccc(/C=C(\C)C(=O)n3ccnc3)c(O)c2)CC1. The van der Waals surface area contributed by atoms with Crippen molar-refractivity contribution in [2.24, 2.45) is 0 Å². The van der Waals surface area contributed by atoms with Crippen LogP contribution in [0.3, 0.4) is 0 Å². The Morgan fingerprint density at radius 3 is 2.69 bits per heavy atom. The molecule has 1 aliphatic rings. The number of nitrogens with zero attached hydrogens (tertiary/aromatic N) is 4. The smallest absolute Gasteiger partial charge is 0.258 e. The second-order valence-corrected chi connectivity index (χ2v) is 6.15. The number of nitrogens with one attached hydrogen (secondary N) is 1. The molecule has 1 fully saturated rings. The lowest BCUT2D eigenvalue weighted by atomic mass is 10.1. The number of allylic oxidation sites excluding steroid dienone is 1. The average Bonchev–Trinajstić information content (AvgIpc) is 3.18. The summed E-state index contributed by atoms with van der Waals surface area (Å²) in [5.74, 6) is -0.0104. The fraction of sp³-hybridized carbons (Fsp3) is 0.263. The van der Waals surface area contributed by atoms with E-state index in [-0.39, 0.29) is 11.7 Å². The molecule has 1 aromatic heterocycles. The normalized spacial score (nSPS) is 15.7. The Morgan fingerprint density at radius 2 is 2.08 bits per heavy atom. The Balaban J connectivity index is 1.71. The van der Waals surface area contributed by atoms with Crippen LogP contribution in [0.25, 0.3) is 6.08 Å². The lowest BCUT2D eigenvalue weighted by Gasteiger charge is -2.35. The van der Waals surface area contributed by atoms with Gasteiger partial charge in [-0.25, -0.2) is 9.99 Å². The largest absolute Gasteiger partial charge is 0.507 e. The van der Waals surface area contributed by atoms with E-state index in [4.69, 9.17) is 0 Å². The van der Waals surface area contributed by atoms with Crippen LogP contribution in [0.4, 0.5) is 5.69 Å². The maximum atomic E-state index is 12.3. The summed E-state index contributed by atoms with van der Waals surface area (Å²) < 4.78 is 1.41. The molecule has 7 heteroatoms. The van der Waals surface area contributed by atoms with E-state index in [1.165, 1.54) is 10.9 Å². The fourth-order valence-corrected chi connectivity index (χ4v) is 2.95. The van der Waals surface area contributed by atoms with Gasteiger partial charge in [0.2, 0.25) is 0 Å². The maximum absolute atomic E-state index is 12.3. The minimum Gasteiger partial charge on any atom is -0.507 e. The summed E-state index contributed by atoms with van der Waals surface area (Å²) in [7, 11) is 0. The molecule has 7 nitrogen and oxygen atoms in total. The van der Waals surface area contributed by atoms with Gasteiger partial charge in [-0.2, -0.15) is 0 Å². The van der Waals surface area contributed by atoms with Crippen LogP contribution < -0.4 is 10.3 Å². The third-order valence-electron chi connectivity index (χ3n) is 4.38. The second-order valence-electron chi connectivity index (χ2n) is 6.15. The molecule has 0 radical (unpaired) electrons. The van der Waals surface area contributed by atoms with Gasteiger partial charge in [-0.1, -0.05) is 6.58 Å². The molecule has 0 saturated carbocycles. The summed E-state index contributed by atoms with van der Waals surface area (Å²) in [5, 5.41) is 12.5. The number of hydrogen-bond acceptors (Lipinski definition) is 6. The van der Waals surface area contributed by atoms with Gasteiger partial charge < -0.3 is 15.4 Å². The quantitative estimate of drug-likeness (QED) is 0.802. The molecule has 2 heterocycles. The van der Waals surface area contributed by atoms with Crippen LogP contribution in [0.5, 0.6) is 5.75 Å². The molecule has 0 amide bonds. The van der Waals surface area contributed by atoms with Gasteiger partial charge in [-0.05, 0) is 25.1 Å². The van der Waals surface area contributed by atoms with E-state index in [0.29, 0.717) is 11.1 Å². The minimum atomic E-state index is -0.170. The van der Waals surface area contributed by atoms with Gasteiger partial charge in [0.1, 0.15) is 12.1 Å². The van der Waals surface area contributed by atoms with E-state index in [2.05, 4.69) is 26.9 Å². The molecule has 0 spiro atoms. The lowest BCUT2D eigenvalue weighted by Crippen LogP contribution is -2.50. The molecule has 1 aromatic carbocycles. The summed E-state index contributed by atoms with van der Waals surface area (Å²) in [6.45, 7) is 8.84. The van der Waals surface area contributed by atoms with Gasteiger partial charge >= 0.3 is 0 Å². The molecular weight excluding hydrogens is 330 g/mol. The number of piperazine rings is 1. The van der Waals surface area contributed by atoms with Crippen molar-refractivity contribution in [2.75, 3.05) is 31.1 Å². The van der Waals surface area contributed by atoms with E-state index in [1.807, 2.05) is 12.1 Å². The summed E-state index contributed by atoms with van der Waals surface area (Å²) >= 11 is 0. The number of aromatic hydroxyl groups is 1. The van der Waals surface area contributed by atoms with Gasteiger partial charge in [0.25, 0.3) is 5.91 Å². The predicted molar refractivity (Wildman–Crippen MR) is 102 cm³/mol. The van der Waals surface area contributed by atoms with Crippen LogP contribution >= 0.6 is 0 Å². The van der Waals surface area contributed by atoms with Crippen molar-refractivity contribution in [3.8, 4) is 5.75 Å². The third-order valence-corrected chi connectivity index (χ3v) is 4.38. The highest BCUT2D eigenvalue weighted by molar-refractivity contribution is 5.99. The molecule has 2 N–H and O–H groups in total. The first-order chi connectivity index (χ1) is 12.6. The van der Waals surface area contributed by atoms with Crippen molar-refractivity contribution < 1.29 is 9.90 Å². The van der Waals surface area contributed by atoms with Crippen LogP contribution in [-0.4, -0.2) is 51.8 Å². The molecule has 0 unspecified atom stereocenters. The lowest BCUT2D eigenvalue weighted by molar-refractivity contribution is 0.0956. The summed E-state index contributed by atoms with van der Waals surface area (Å²) in [4.78, 5) is 18.4. The van der Waals surface area contributed by atoms with E-state index in [9.17, 15) is 9.90 Å².